The maximum atomic E-state index is 10.2. The van der Waals surface area contributed by atoms with Crippen molar-refractivity contribution in [3.8, 4) is 6.07 Å². The molecule has 17 heavy (non-hydrogen) atoms. The Bertz CT molecular complexity index is 426. The minimum absolute atomic E-state index is 0.424. The van der Waals surface area contributed by atoms with Gasteiger partial charge in [0, 0.05) is 13.6 Å². The summed E-state index contributed by atoms with van der Waals surface area (Å²) >= 11 is 0. The summed E-state index contributed by atoms with van der Waals surface area (Å²) in [6.45, 7) is 6.12. The first-order valence-corrected chi connectivity index (χ1v) is 5.87. The quantitative estimate of drug-likeness (QED) is 0.813. The summed E-state index contributed by atoms with van der Waals surface area (Å²) in [4.78, 5) is 0. The van der Waals surface area contributed by atoms with E-state index < -0.39 is 5.60 Å². The fraction of sp³-hybridized carbons (Fsp3) is 0.667. The molecule has 0 fully saturated rings. The van der Waals surface area contributed by atoms with Crippen LogP contribution in [0.1, 0.15) is 37.9 Å². The highest BCUT2D eigenvalue weighted by molar-refractivity contribution is 5.55. The van der Waals surface area contributed by atoms with E-state index in [-0.39, 0.29) is 0 Å². The van der Waals surface area contributed by atoms with E-state index in [0.717, 1.165) is 0 Å². The highest BCUT2D eigenvalue weighted by Crippen LogP contribution is 2.20. The van der Waals surface area contributed by atoms with Crippen LogP contribution in [-0.2, 0) is 7.05 Å². The van der Waals surface area contributed by atoms with Crippen LogP contribution in [-0.4, -0.2) is 27.0 Å². The minimum Gasteiger partial charge on any atom is -0.388 e. The highest BCUT2D eigenvalue weighted by Gasteiger charge is 2.23. The Balaban J connectivity index is 2.87. The lowest BCUT2D eigenvalue weighted by Crippen LogP contribution is -2.36. The summed E-state index contributed by atoms with van der Waals surface area (Å²) in [6, 6.07) is 2.13. The molecule has 2 N–H and O–H groups in total. The first-order chi connectivity index (χ1) is 7.97. The van der Waals surface area contributed by atoms with Gasteiger partial charge < -0.3 is 10.4 Å². The third kappa shape index (κ3) is 2.77. The van der Waals surface area contributed by atoms with E-state index in [0.29, 0.717) is 36.5 Å². The van der Waals surface area contributed by atoms with Crippen molar-refractivity contribution in [2.24, 2.45) is 7.05 Å². The maximum Gasteiger partial charge on any atom is 0.142 e. The molecule has 0 amide bonds. The number of nitrogens with zero attached hydrogens (tertiary/aromatic N) is 3. The number of aryl methyl sites for hydroxylation is 2. The van der Waals surface area contributed by atoms with Crippen molar-refractivity contribution in [3.63, 3.8) is 0 Å². The largest absolute Gasteiger partial charge is 0.388 e. The van der Waals surface area contributed by atoms with Crippen LogP contribution >= 0.6 is 0 Å². The van der Waals surface area contributed by atoms with E-state index in [4.69, 9.17) is 5.26 Å². The SMILES string of the molecule is CCC(O)(CC)CNc1c(C#N)c(C)nn1C. The molecule has 5 nitrogen and oxygen atoms in total. The van der Waals surface area contributed by atoms with Gasteiger partial charge in [-0.1, -0.05) is 13.8 Å². The van der Waals surface area contributed by atoms with Crippen LogP contribution in [0.4, 0.5) is 5.82 Å². The average Bonchev–Trinajstić information content (AvgIpc) is 2.60. The normalized spacial score (nSPS) is 11.3. The van der Waals surface area contributed by atoms with Gasteiger partial charge in [-0.2, -0.15) is 10.4 Å². The molecule has 1 aromatic rings. The number of hydrogen-bond donors (Lipinski definition) is 2. The monoisotopic (exact) mass is 236 g/mol. The molecule has 1 rings (SSSR count). The zero-order valence-electron chi connectivity index (χ0n) is 10.9. The Morgan fingerprint density at radius 2 is 2.06 bits per heavy atom. The molecule has 0 bridgehead atoms. The third-order valence-electron chi connectivity index (χ3n) is 3.24. The number of aliphatic hydroxyl groups is 1. The molecule has 0 unspecified atom stereocenters. The fourth-order valence-electron chi connectivity index (χ4n) is 1.74. The molecule has 0 saturated heterocycles. The number of nitriles is 1. The summed E-state index contributed by atoms with van der Waals surface area (Å²) in [5, 5.41) is 26.5. The van der Waals surface area contributed by atoms with Crippen molar-refractivity contribution in [2.75, 3.05) is 11.9 Å². The van der Waals surface area contributed by atoms with Gasteiger partial charge in [-0.05, 0) is 19.8 Å². The van der Waals surface area contributed by atoms with Gasteiger partial charge in [-0.3, -0.25) is 4.68 Å². The molecule has 0 aliphatic rings. The smallest absolute Gasteiger partial charge is 0.142 e. The van der Waals surface area contributed by atoms with E-state index in [1.807, 2.05) is 13.8 Å². The molecule has 0 aromatic carbocycles. The van der Waals surface area contributed by atoms with Crippen LogP contribution < -0.4 is 5.32 Å². The Morgan fingerprint density at radius 3 is 2.53 bits per heavy atom. The van der Waals surface area contributed by atoms with Crippen LogP contribution in [0.15, 0.2) is 0 Å². The van der Waals surface area contributed by atoms with Crippen molar-refractivity contribution in [1.82, 2.24) is 9.78 Å². The Labute approximate surface area is 102 Å². The van der Waals surface area contributed by atoms with E-state index >= 15 is 0 Å². The van der Waals surface area contributed by atoms with Gasteiger partial charge in [-0.15, -0.1) is 0 Å². The minimum atomic E-state index is -0.731. The number of nitrogens with one attached hydrogen (secondary N) is 1. The highest BCUT2D eigenvalue weighted by atomic mass is 16.3. The molecular formula is C12H20N4O. The molecule has 94 valence electrons. The lowest BCUT2D eigenvalue weighted by atomic mass is 9.97. The van der Waals surface area contributed by atoms with Gasteiger partial charge in [0.15, 0.2) is 0 Å². The molecule has 0 aliphatic carbocycles. The van der Waals surface area contributed by atoms with Crippen LogP contribution in [0.2, 0.25) is 0 Å². The number of aromatic nitrogens is 2. The van der Waals surface area contributed by atoms with Crippen molar-refractivity contribution < 1.29 is 5.11 Å². The molecule has 0 atom stereocenters. The molecule has 0 saturated carbocycles. The van der Waals surface area contributed by atoms with Gasteiger partial charge in [0.2, 0.25) is 0 Å². The summed E-state index contributed by atoms with van der Waals surface area (Å²) in [5.74, 6) is 0.672. The first kappa shape index (κ1) is 13.5. The third-order valence-corrected chi connectivity index (χ3v) is 3.24. The van der Waals surface area contributed by atoms with Crippen molar-refractivity contribution in [1.29, 1.82) is 5.26 Å². The standard InChI is InChI=1S/C12H20N4O/c1-5-12(17,6-2)8-14-11-10(7-13)9(3)15-16(11)4/h14,17H,5-6,8H2,1-4H3. The van der Waals surface area contributed by atoms with E-state index in [1.54, 1.807) is 18.7 Å². The van der Waals surface area contributed by atoms with Crippen LogP contribution in [0, 0.1) is 18.3 Å². The van der Waals surface area contributed by atoms with Crippen molar-refractivity contribution in [2.45, 2.75) is 39.2 Å². The molecule has 0 radical (unpaired) electrons. The zero-order valence-corrected chi connectivity index (χ0v) is 10.9. The lowest BCUT2D eigenvalue weighted by Gasteiger charge is -2.25. The van der Waals surface area contributed by atoms with Crippen molar-refractivity contribution >= 4 is 5.82 Å². The van der Waals surface area contributed by atoms with Crippen LogP contribution in [0.25, 0.3) is 0 Å². The average molecular weight is 236 g/mol. The van der Waals surface area contributed by atoms with Gasteiger partial charge in [0.05, 0.1) is 11.3 Å². The van der Waals surface area contributed by atoms with Crippen molar-refractivity contribution in [3.05, 3.63) is 11.3 Å². The van der Waals surface area contributed by atoms with Gasteiger partial charge in [0.25, 0.3) is 0 Å². The lowest BCUT2D eigenvalue weighted by molar-refractivity contribution is 0.0455. The number of anilines is 1. The predicted octanol–water partition coefficient (Wildman–Crippen LogP) is 1.56. The summed E-state index contributed by atoms with van der Waals surface area (Å²) in [6.07, 6.45) is 1.35. The molecule has 1 heterocycles. The fourth-order valence-corrected chi connectivity index (χ4v) is 1.74. The van der Waals surface area contributed by atoms with Crippen LogP contribution in [0.3, 0.4) is 0 Å². The molecular weight excluding hydrogens is 216 g/mol. The molecule has 0 spiro atoms. The number of rotatable bonds is 5. The van der Waals surface area contributed by atoms with Crippen LogP contribution in [0.5, 0.6) is 0 Å². The van der Waals surface area contributed by atoms with Gasteiger partial charge in [0.1, 0.15) is 17.5 Å². The van der Waals surface area contributed by atoms with E-state index in [9.17, 15) is 5.11 Å². The number of hydrogen-bond acceptors (Lipinski definition) is 4. The Kier molecular flexibility index (Phi) is 4.13. The van der Waals surface area contributed by atoms with E-state index in [2.05, 4.69) is 16.5 Å². The zero-order chi connectivity index (χ0) is 13.1. The second-order valence-electron chi connectivity index (χ2n) is 4.33. The van der Waals surface area contributed by atoms with Gasteiger partial charge >= 0.3 is 0 Å². The maximum absolute atomic E-state index is 10.2. The predicted molar refractivity (Wildman–Crippen MR) is 66.7 cm³/mol. The second kappa shape index (κ2) is 5.19. The molecule has 1 aromatic heterocycles. The Hall–Kier alpha value is -1.54. The van der Waals surface area contributed by atoms with E-state index in [1.165, 1.54) is 0 Å². The summed E-state index contributed by atoms with van der Waals surface area (Å²) in [5.41, 5.74) is 0.515. The summed E-state index contributed by atoms with van der Waals surface area (Å²) < 4.78 is 1.64. The summed E-state index contributed by atoms with van der Waals surface area (Å²) in [7, 11) is 1.78. The van der Waals surface area contributed by atoms with Gasteiger partial charge in [-0.25, -0.2) is 0 Å². The molecule has 0 aliphatic heterocycles. The topological polar surface area (TPSA) is 73.9 Å². The second-order valence-corrected chi connectivity index (χ2v) is 4.33. The first-order valence-electron chi connectivity index (χ1n) is 5.87. The Morgan fingerprint density at radius 1 is 1.47 bits per heavy atom. The molecule has 5 heteroatoms.